The van der Waals surface area contributed by atoms with Crippen LogP contribution in [0.1, 0.15) is 36.0 Å². The largest absolute Gasteiger partial charge is 0.508 e. The first kappa shape index (κ1) is 51.5. The minimum absolute atomic E-state index is 0.0440. The molecule has 7 aliphatic rings. The SMILES string of the molecule is O=C(O)c1cc(NC(=S)NC2=CC3CC4=CC(S(=O)(=O)O)=CC(CC5=CC(S(=O)(=O)O)=CC(CC6=CC(S(=O)(=O)O)=CC(CC(=C2)C3O)C6O)C5O)C4O)ccc1-c1c2ccc(=O)cc-2oc2cc(O)ccc12. The van der Waals surface area contributed by atoms with Crippen LogP contribution in [0.2, 0.25) is 0 Å². The molecule has 1 saturated carbocycles. The molecule has 0 aromatic heterocycles. The van der Waals surface area contributed by atoms with Crippen molar-refractivity contribution < 1.29 is 78.8 Å². The third-order valence-electron chi connectivity index (χ3n) is 13.5. The Balaban J connectivity index is 1.10. The van der Waals surface area contributed by atoms with Crippen molar-refractivity contribution in [2.45, 2.75) is 50.1 Å². The molecule has 6 aliphatic carbocycles. The lowest BCUT2D eigenvalue weighted by Gasteiger charge is -2.37. The highest BCUT2D eigenvalue weighted by Gasteiger charge is 2.40. The summed E-state index contributed by atoms with van der Waals surface area (Å²) in [5, 5.41) is 74.4. The maximum Gasteiger partial charge on any atom is 0.336 e. The lowest BCUT2D eigenvalue weighted by Crippen LogP contribution is -2.37. The molecular formula is C49H44N2O18S4. The number of carboxylic acids is 1. The van der Waals surface area contributed by atoms with Crippen molar-refractivity contribution in [3.63, 3.8) is 0 Å². The Morgan fingerprint density at radius 1 is 0.589 bits per heavy atom. The van der Waals surface area contributed by atoms with Gasteiger partial charge in [-0.15, -0.1) is 0 Å². The second-order valence-electron chi connectivity index (χ2n) is 18.3. The minimum atomic E-state index is -4.98. The van der Waals surface area contributed by atoms with Gasteiger partial charge in [0.2, 0.25) is 0 Å². The maximum atomic E-state index is 12.9. The summed E-state index contributed by atoms with van der Waals surface area (Å²) in [6.45, 7) is 0. The Hall–Kier alpha value is -6.42. The summed E-state index contributed by atoms with van der Waals surface area (Å²) in [6, 6.07) is 12.7. The van der Waals surface area contributed by atoms with E-state index in [0.717, 1.165) is 36.5 Å². The zero-order valence-electron chi connectivity index (χ0n) is 37.6. The summed E-state index contributed by atoms with van der Waals surface area (Å²) in [6.07, 6.45) is 0.984. The summed E-state index contributed by atoms with van der Waals surface area (Å²) in [7, 11) is -14.9. The number of phenols is 1. The molecule has 0 spiro atoms. The van der Waals surface area contributed by atoms with Crippen LogP contribution in [0.4, 0.5) is 5.69 Å². The van der Waals surface area contributed by atoms with Crippen molar-refractivity contribution in [3.8, 4) is 28.2 Å². The van der Waals surface area contributed by atoms with Crippen molar-refractivity contribution in [1.82, 2.24) is 5.32 Å². The number of fused-ring (bicyclic) bond motifs is 10. The zero-order chi connectivity index (χ0) is 52.6. The number of aliphatic hydroxyl groups is 4. The molecule has 0 amide bonds. The molecule has 24 heteroatoms. The number of nitrogens with one attached hydrogen (secondary N) is 2. The molecule has 382 valence electrons. The van der Waals surface area contributed by atoms with Crippen LogP contribution in [-0.4, -0.2) is 105 Å². The van der Waals surface area contributed by atoms with E-state index in [0.29, 0.717) is 16.5 Å². The predicted octanol–water partition coefficient (Wildman–Crippen LogP) is 4.70. The number of aromatic carboxylic acids is 1. The number of carbonyl (C=O) groups is 1. The Morgan fingerprint density at radius 3 is 1.53 bits per heavy atom. The topological polar surface area (TPSA) is 356 Å². The van der Waals surface area contributed by atoms with Crippen LogP contribution in [0, 0.1) is 23.7 Å². The number of aromatic hydroxyl groups is 1. The minimum Gasteiger partial charge on any atom is -0.508 e. The Kier molecular flexibility index (Phi) is 13.5. The van der Waals surface area contributed by atoms with Crippen molar-refractivity contribution in [2.24, 2.45) is 23.7 Å². The van der Waals surface area contributed by atoms with Gasteiger partial charge in [0.05, 0.1) is 44.7 Å². The molecule has 11 N–H and O–H groups in total. The number of anilines is 1. The van der Waals surface area contributed by atoms with Crippen LogP contribution in [0.15, 0.2) is 155 Å². The van der Waals surface area contributed by atoms with Crippen LogP contribution in [0.5, 0.6) is 5.75 Å². The van der Waals surface area contributed by atoms with E-state index < -0.39 is 112 Å². The average Bonchev–Trinajstić information content (AvgIpc) is 3.29. The lowest BCUT2D eigenvalue weighted by molar-refractivity contribution is 0.0697. The fourth-order valence-corrected chi connectivity index (χ4v) is 12.3. The Bertz CT molecular complexity index is 3670. The molecule has 20 nitrogen and oxygen atoms in total. The Morgan fingerprint density at radius 2 is 1.05 bits per heavy atom. The first-order valence-electron chi connectivity index (χ1n) is 22.2. The van der Waals surface area contributed by atoms with Gasteiger partial charge < -0.3 is 45.7 Å². The summed E-state index contributed by atoms with van der Waals surface area (Å²) in [4.78, 5) is 23.3. The molecule has 0 saturated heterocycles. The van der Waals surface area contributed by atoms with Gasteiger partial charge in [0, 0.05) is 63.7 Å². The molecule has 1 aliphatic heterocycles. The van der Waals surface area contributed by atoms with Gasteiger partial charge in [-0.1, -0.05) is 30.4 Å². The monoisotopic (exact) mass is 1080 g/mol. The number of benzene rings is 3. The van der Waals surface area contributed by atoms with E-state index in [1.54, 1.807) is 6.07 Å². The first-order valence-corrected chi connectivity index (χ1v) is 26.9. The third-order valence-corrected chi connectivity index (χ3v) is 16.2. The van der Waals surface area contributed by atoms with Gasteiger partial charge >= 0.3 is 5.97 Å². The fraction of sp³-hybridized carbons (Fsp3) is 0.245. The summed E-state index contributed by atoms with van der Waals surface area (Å²) in [5.74, 6) is -6.25. The van der Waals surface area contributed by atoms with Gasteiger partial charge in [-0.05, 0) is 126 Å². The highest BCUT2D eigenvalue weighted by Crippen LogP contribution is 2.45. The number of aliphatic hydroxyl groups excluding tert-OH is 4. The predicted molar refractivity (Wildman–Crippen MR) is 268 cm³/mol. The smallest absolute Gasteiger partial charge is 0.336 e. The van der Waals surface area contributed by atoms with Crippen LogP contribution >= 0.6 is 12.2 Å². The summed E-state index contributed by atoms with van der Waals surface area (Å²) >= 11 is 5.69. The second-order valence-corrected chi connectivity index (χ2v) is 23.0. The van der Waals surface area contributed by atoms with Gasteiger partial charge in [-0.2, -0.15) is 25.3 Å². The van der Waals surface area contributed by atoms with Gasteiger partial charge in [-0.3, -0.25) is 18.5 Å². The van der Waals surface area contributed by atoms with Crippen molar-refractivity contribution in [3.05, 3.63) is 162 Å². The van der Waals surface area contributed by atoms with Gasteiger partial charge in [0.1, 0.15) is 17.1 Å². The maximum absolute atomic E-state index is 12.9. The molecule has 0 radical (unpaired) electrons. The quantitative estimate of drug-likeness (QED) is 0.0679. The van der Waals surface area contributed by atoms with Gasteiger partial charge in [-0.25, -0.2) is 4.79 Å². The van der Waals surface area contributed by atoms with E-state index in [1.165, 1.54) is 60.7 Å². The Labute approximate surface area is 421 Å². The third kappa shape index (κ3) is 10.5. The van der Waals surface area contributed by atoms with E-state index in [4.69, 9.17) is 16.6 Å². The van der Waals surface area contributed by atoms with Gasteiger partial charge in [0.15, 0.2) is 10.5 Å². The first-order chi connectivity index (χ1) is 34.2. The second kappa shape index (κ2) is 19.1. The van der Waals surface area contributed by atoms with E-state index in [1.807, 2.05) is 0 Å². The summed E-state index contributed by atoms with van der Waals surface area (Å²) < 4.78 is 112. The molecule has 1 heterocycles. The molecule has 8 atom stereocenters. The lowest BCUT2D eigenvalue weighted by atomic mass is 9.73. The van der Waals surface area contributed by atoms with E-state index in [9.17, 15) is 79.1 Å². The van der Waals surface area contributed by atoms with Crippen molar-refractivity contribution in [1.29, 1.82) is 0 Å². The van der Waals surface area contributed by atoms with Crippen LogP contribution < -0.4 is 16.1 Å². The standard InChI is InChI=1S/C49H44N2O18S4/c52-32-2-5-38-41(20-32)69-42-21-33(53)3-6-39(42)43(38)37-4-1-30(19-40(37)48(58)59)50-49(70)51-31-11-22-7-24-13-34(71(60,61)62)15-26(45(24)55)9-28-17-36(73(66,67)68)18-29(47(28)57)10-27-16-35(72(63,64)65)14-25(46(27)56)8-23(12-31)44(22)54/h1-6,11-22,25-26,29,44-47,52,54-57H,7-10H2,(H,58,59)(H2,50,51,70)(H,60,61,62)(H,63,64,65)(H,66,67,68). The van der Waals surface area contributed by atoms with Crippen LogP contribution in [0.25, 0.3) is 33.4 Å². The number of thiocarbonyl (C=S) groups is 1. The average molecular weight is 1080 g/mol. The molecular weight excluding hydrogens is 1030 g/mol. The molecule has 8 bridgehead atoms. The van der Waals surface area contributed by atoms with Crippen LogP contribution in [0.3, 0.4) is 0 Å². The normalized spacial score (nSPS) is 25.7. The number of hydrogen-bond acceptors (Lipinski definition) is 15. The van der Waals surface area contributed by atoms with Gasteiger partial charge in [0.25, 0.3) is 30.4 Å². The van der Waals surface area contributed by atoms with Crippen molar-refractivity contribution >= 4 is 70.3 Å². The number of rotatable bonds is 7. The molecule has 1 fully saturated rings. The molecule has 9 rings (SSSR count). The highest BCUT2D eigenvalue weighted by molar-refractivity contribution is 7.90. The zero-order valence-corrected chi connectivity index (χ0v) is 40.9. The number of allylic oxidation sites excluding steroid dienone is 4. The molecule has 8 unspecified atom stereocenters. The number of carboxylic acid groups (broad SMARTS) is 1. The number of phenolic OH excluding ortho intramolecular Hbond substituents is 1. The fourth-order valence-electron chi connectivity index (χ4n) is 10.1. The molecule has 2 aromatic carbocycles. The van der Waals surface area contributed by atoms with Crippen molar-refractivity contribution in [2.75, 3.05) is 5.32 Å². The molecule has 2 aromatic rings. The molecule has 73 heavy (non-hydrogen) atoms. The number of hydrogen-bond donors (Lipinski definition) is 11. The summed E-state index contributed by atoms with van der Waals surface area (Å²) in [5.41, 5.74) is 0.797. The van der Waals surface area contributed by atoms with Crippen LogP contribution in [-0.2, 0) is 30.4 Å². The van der Waals surface area contributed by atoms with E-state index in [2.05, 4.69) is 10.6 Å². The highest BCUT2D eigenvalue weighted by atomic mass is 32.2. The van der Waals surface area contributed by atoms with E-state index >= 15 is 0 Å². The van der Waals surface area contributed by atoms with E-state index in [-0.39, 0.29) is 85.3 Å².